The Morgan fingerprint density at radius 2 is 1.97 bits per heavy atom. The monoisotopic (exact) mass is 483 g/mol. The molecule has 1 aliphatic rings. The number of para-hydroxylation sites is 1. The Morgan fingerprint density at radius 3 is 2.73 bits per heavy atom. The van der Waals surface area contributed by atoms with Crippen molar-refractivity contribution in [2.45, 2.75) is 32.2 Å². The van der Waals surface area contributed by atoms with Crippen LogP contribution in [-0.4, -0.2) is 43.1 Å². The number of amides is 1. The van der Waals surface area contributed by atoms with E-state index in [0.29, 0.717) is 23.6 Å². The summed E-state index contributed by atoms with van der Waals surface area (Å²) in [5.41, 5.74) is 3.25. The van der Waals surface area contributed by atoms with Crippen molar-refractivity contribution in [3.8, 4) is 10.6 Å². The number of hydrogen-bond acceptors (Lipinski definition) is 6. The number of esters is 1. The number of nitrogens with one attached hydrogen (secondary N) is 1. The van der Waals surface area contributed by atoms with Gasteiger partial charge in [0.15, 0.2) is 0 Å². The molecule has 1 fully saturated rings. The number of aryl methyl sites for hydroxylation is 1. The minimum Gasteiger partial charge on any atom is -0.465 e. The van der Waals surface area contributed by atoms with Crippen LogP contribution < -0.4 is 10.2 Å². The summed E-state index contributed by atoms with van der Waals surface area (Å²) < 4.78 is 4.93. The van der Waals surface area contributed by atoms with Crippen molar-refractivity contribution in [1.29, 1.82) is 0 Å². The van der Waals surface area contributed by atoms with Crippen LogP contribution in [0.1, 0.15) is 33.8 Å². The molecule has 6 nitrogen and oxygen atoms in total. The molecule has 4 rings (SSSR count). The largest absolute Gasteiger partial charge is 0.465 e. The van der Waals surface area contributed by atoms with Crippen molar-refractivity contribution < 1.29 is 14.3 Å². The number of anilines is 1. The molecule has 1 atom stereocenters. The van der Waals surface area contributed by atoms with Gasteiger partial charge in [-0.25, -0.2) is 9.78 Å². The van der Waals surface area contributed by atoms with Crippen LogP contribution >= 0.6 is 22.9 Å². The van der Waals surface area contributed by atoms with Crippen molar-refractivity contribution in [1.82, 2.24) is 10.3 Å². The number of hydrogen-bond donors (Lipinski definition) is 1. The van der Waals surface area contributed by atoms with Crippen molar-refractivity contribution in [3.05, 3.63) is 69.7 Å². The number of nitrogens with zero attached hydrogens (tertiary/aromatic N) is 2. The molecule has 0 saturated carbocycles. The van der Waals surface area contributed by atoms with Crippen LogP contribution in [0.5, 0.6) is 0 Å². The van der Waals surface area contributed by atoms with Crippen molar-refractivity contribution in [2.75, 3.05) is 25.1 Å². The van der Waals surface area contributed by atoms with Crippen LogP contribution in [0.3, 0.4) is 0 Å². The smallest absolute Gasteiger partial charge is 0.339 e. The third-order valence-corrected chi connectivity index (χ3v) is 7.20. The number of aromatic nitrogens is 1. The second kappa shape index (κ2) is 10.4. The highest BCUT2D eigenvalue weighted by atomic mass is 35.5. The summed E-state index contributed by atoms with van der Waals surface area (Å²) in [5.74, 6) is -0.369. The van der Waals surface area contributed by atoms with Gasteiger partial charge in [-0.15, -0.1) is 11.3 Å². The molecule has 0 spiro atoms. The van der Waals surface area contributed by atoms with Gasteiger partial charge in [0.05, 0.1) is 30.5 Å². The third kappa shape index (κ3) is 5.54. The number of carbonyl (C=O) groups is 2. The van der Waals surface area contributed by atoms with Crippen LogP contribution in [0.15, 0.2) is 48.5 Å². The summed E-state index contributed by atoms with van der Waals surface area (Å²) in [7, 11) is 1.39. The first-order chi connectivity index (χ1) is 15.9. The highest BCUT2D eigenvalue weighted by molar-refractivity contribution is 7.15. The Bertz CT molecular complexity index is 1150. The molecule has 172 valence electrons. The molecule has 1 aromatic heterocycles. The van der Waals surface area contributed by atoms with Crippen molar-refractivity contribution in [2.24, 2.45) is 0 Å². The first-order valence-electron chi connectivity index (χ1n) is 10.9. The quantitative estimate of drug-likeness (QED) is 0.505. The van der Waals surface area contributed by atoms with E-state index in [1.54, 1.807) is 6.07 Å². The molecule has 3 aromatic rings. The normalized spacial score (nSPS) is 15.8. The van der Waals surface area contributed by atoms with E-state index in [0.717, 1.165) is 46.2 Å². The summed E-state index contributed by atoms with van der Waals surface area (Å²) >= 11 is 7.52. The van der Waals surface area contributed by atoms with E-state index >= 15 is 0 Å². The number of benzene rings is 2. The van der Waals surface area contributed by atoms with Crippen molar-refractivity contribution >= 4 is 40.5 Å². The van der Waals surface area contributed by atoms with Crippen LogP contribution in [0.4, 0.5) is 5.69 Å². The maximum atomic E-state index is 12.8. The average Bonchev–Trinajstić information content (AvgIpc) is 3.19. The number of piperidine rings is 1. The van der Waals surface area contributed by atoms with E-state index in [2.05, 4.69) is 15.2 Å². The van der Waals surface area contributed by atoms with Crippen LogP contribution in [0, 0.1) is 6.92 Å². The molecule has 0 radical (unpaired) electrons. The number of halogens is 1. The highest BCUT2D eigenvalue weighted by Gasteiger charge is 2.25. The lowest BCUT2D eigenvalue weighted by molar-refractivity contribution is -0.121. The lowest BCUT2D eigenvalue weighted by Crippen LogP contribution is -2.48. The molecule has 1 aliphatic heterocycles. The maximum absolute atomic E-state index is 12.8. The number of carbonyl (C=O) groups excluding carboxylic acids is 2. The van der Waals surface area contributed by atoms with Crippen LogP contribution in [0.25, 0.3) is 10.6 Å². The number of rotatable bonds is 6. The first kappa shape index (κ1) is 23.3. The van der Waals surface area contributed by atoms with Gasteiger partial charge in [-0.05, 0) is 44.0 Å². The van der Waals surface area contributed by atoms with Gasteiger partial charge in [0.1, 0.15) is 5.01 Å². The Kier molecular flexibility index (Phi) is 7.30. The topological polar surface area (TPSA) is 71.5 Å². The zero-order chi connectivity index (χ0) is 23.4. The Morgan fingerprint density at radius 1 is 1.21 bits per heavy atom. The summed E-state index contributed by atoms with van der Waals surface area (Å²) in [6.45, 7) is 3.42. The van der Waals surface area contributed by atoms with E-state index < -0.39 is 0 Å². The fourth-order valence-corrected chi connectivity index (χ4v) is 5.27. The summed E-state index contributed by atoms with van der Waals surface area (Å²) in [6, 6.07) is 15.0. The van der Waals surface area contributed by atoms with Crippen LogP contribution in [-0.2, 0) is 16.0 Å². The average molecular weight is 484 g/mol. The zero-order valence-corrected chi connectivity index (χ0v) is 20.2. The number of thiazole rings is 1. The first-order valence-corrected chi connectivity index (χ1v) is 12.1. The fourth-order valence-electron chi connectivity index (χ4n) is 4.08. The minimum absolute atomic E-state index is 0.0147. The summed E-state index contributed by atoms with van der Waals surface area (Å²) in [4.78, 5) is 32.8. The molecular formula is C25H26ClN3O3S. The van der Waals surface area contributed by atoms with E-state index in [1.165, 1.54) is 18.4 Å². The molecule has 0 bridgehead atoms. The number of methoxy groups -OCH3 is 1. The van der Waals surface area contributed by atoms with Gasteiger partial charge in [-0.1, -0.05) is 35.9 Å². The molecule has 1 saturated heterocycles. The second-order valence-corrected chi connectivity index (χ2v) is 9.59. The van der Waals surface area contributed by atoms with Gasteiger partial charge in [-0.2, -0.15) is 0 Å². The minimum atomic E-state index is -0.353. The molecule has 0 aliphatic carbocycles. The molecule has 2 heterocycles. The zero-order valence-electron chi connectivity index (χ0n) is 18.6. The fraction of sp³-hybridized carbons (Fsp3) is 0.320. The predicted octanol–water partition coefficient (Wildman–Crippen LogP) is 4.89. The van der Waals surface area contributed by atoms with Crippen LogP contribution in [0.2, 0.25) is 5.02 Å². The lowest BCUT2D eigenvalue weighted by atomic mass is 10.0. The van der Waals surface area contributed by atoms with E-state index in [4.69, 9.17) is 16.3 Å². The molecule has 1 unspecified atom stereocenters. The third-order valence-electron chi connectivity index (χ3n) is 5.74. The Labute approximate surface area is 202 Å². The molecule has 8 heteroatoms. The SMILES string of the molecule is COC(=O)c1ccccc1N1CCCC(NC(=O)Cc2sc(-c3ccc(Cl)cc3)nc2C)C1. The van der Waals surface area contributed by atoms with Gasteiger partial charge in [-0.3, -0.25) is 4.79 Å². The summed E-state index contributed by atoms with van der Waals surface area (Å²) in [6.07, 6.45) is 2.13. The highest BCUT2D eigenvalue weighted by Crippen LogP contribution is 2.29. The molecule has 1 amide bonds. The van der Waals surface area contributed by atoms with E-state index in [1.807, 2.05) is 49.4 Å². The predicted molar refractivity (Wildman–Crippen MR) is 132 cm³/mol. The Balaban J connectivity index is 1.40. The molecule has 33 heavy (non-hydrogen) atoms. The standard InChI is InChI=1S/C25H26ClN3O3S/c1-16-22(33-24(27-16)17-9-11-18(26)12-10-17)14-23(30)28-19-6-5-13-29(15-19)21-8-4-3-7-20(21)25(31)32-2/h3-4,7-12,19H,5-6,13-15H2,1-2H3,(H,28,30). The molecule has 2 aromatic carbocycles. The van der Waals surface area contributed by atoms with Gasteiger partial charge in [0, 0.05) is 34.6 Å². The maximum Gasteiger partial charge on any atom is 0.339 e. The Hall–Kier alpha value is -2.90. The van der Waals surface area contributed by atoms with Gasteiger partial charge in [0.2, 0.25) is 5.91 Å². The second-order valence-electron chi connectivity index (χ2n) is 8.07. The van der Waals surface area contributed by atoms with Gasteiger partial charge >= 0.3 is 5.97 Å². The van der Waals surface area contributed by atoms with Gasteiger partial charge in [0.25, 0.3) is 0 Å². The van der Waals surface area contributed by atoms with Crippen molar-refractivity contribution in [3.63, 3.8) is 0 Å². The molecular weight excluding hydrogens is 458 g/mol. The summed E-state index contributed by atoms with van der Waals surface area (Å²) in [5, 5.41) is 4.75. The van der Waals surface area contributed by atoms with E-state index in [-0.39, 0.29) is 17.9 Å². The molecule has 1 N–H and O–H groups in total. The number of ether oxygens (including phenoxy) is 1. The lowest BCUT2D eigenvalue weighted by Gasteiger charge is -2.35. The van der Waals surface area contributed by atoms with E-state index in [9.17, 15) is 9.59 Å². The van der Waals surface area contributed by atoms with Gasteiger partial charge < -0.3 is 15.0 Å².